The molecular weight excluding hydrogens is 417 g/mol. The Kier molecular flexibility index (Phi) is 6.03. The Labute approximate surface area is 182 Å². The number of thioether (sulfide) groups is 1. The zero-order chi connectivity index (χ0) is 22.0. The molecule has 1 unspecified atom stereocenters. The number of carbonyl (C=O) groups is 1. The summed E-state index contributed by atoms with van der Waals surface area (Å²) >= 11 is 1.27. The molecule has 1 amide bonds. The van der Waals surface area contributed by atoms with Gasteiger partial charge in [-0.3, -0.25) is 18.6 Å². The van der Waals surface area contributed by atoms with Gasteiger partial charge < -0.3 is 5.32 Å². The van der Waals surface area contributed by atoms with E-state index in [1.807, 2.05) is 29.5 Å². The number of nitrogens with one attached hydrogen (secondary N) is 1. The van der Waals surface area contributed by atoms with Gasteiger partial charge in [0, 0.05) is 13.1 Å². The molecule has 1 N–H and O–H groups in total. The zero-order valence-electron chi connectivity index (χ0n) is 17.2. The Hall–Kier alpha value is -3.20. The quantitative estimate of drug-likeness (QED) is 0.447. The summed E-state index contributed by atoms with van der Waals surface area (Å²) in [6.45, 7) is 4.63. The highest BCUT2D eigenvalue weighted by Crippen LogP contribution is 2.25. The predicted molar refractivity (Wildman–Crippen MR) is 119 cm³/mol. The second-order valence-electron chi connectivity index (χ2n) is 7.20. The third-order valence-electron chi connectivity index (χ3n) is 4.96. The molecule has 0 fully saturated rings. The number of halogens is 1. The van der Waals surface area contributed by atoms with Gasteiger partial charge in [0.05, 0.1) is 16.2 Å². The number of fused-ring (bicyclic) bond motifs is 3. The Morgan fingerprint density at radius 1 is 1.16 bits per heavy atom. The van der Waals surface area contributed by atoms with Crippen LogP contribution in [0.25, 0.3) is 16.7 Å². The lowest BCUT2D eigenvalue weighted by atomic mass is 10.2. The molecule has 160 valence electrons. The summed E-state index contributed by atoms with van der Waals surface area (Å²) in [5.74, 6) is -0.0179. The molecular formula is C22H22FN5O2S. The van der Waals surface area contributed by atoms with Crippen LogP contribution in [0.15, 0.2) is 58.5 Å². The summed E-state index contributed by atoms with van der Waals surface area (Å²) in [5, 5.41) is 12.1. The van der Waals surface area contributed by atoms with Gasteiger partial charge in [0.15, 0.2) is 5.16 Å². The van der Waals surface area contributed by atoms with Crippen LogP contribution in [0, 0.1) is 5.82 Å². The van der Waals surface area contributed by atoms with Crippen molar-refractivity contribution in [2.75, 3.05) is 0 Å². The minimum Gasteiger partial charge on any atom is -0.351 e. The lowest BCUT2D eigenvalue weighted by Gasteiger charge is -2.13. The molecule has 31 heavy (non-hydrogen) atoms. The van der Waals surface area contributed by atoms with E-state index in [0.29, 0.717) is 34.9 Å². The monoisotopic (exact) mass is 439 g/mol. The highest BCUT2D eigenvalue weighted by molar-refractivity contribution is 8.00. The number of aromatic nitrogens is 4. The van der Waals surface area contributed by atoms with E-state index in [1.165, 1.54) is 23.9 Å². The largest absolute Gasteiger partial charge is 0.351 e. The van der Waals surface area contributed by atoms with Crippen LogP contribution in [-0.2, 0) is 17.9 Å². The molecule has 9 heteroatoms. The average molecular weight is 440 g/mol. The van der Waals surface area contributed by atoms with Crippen LogP contribution in [-0.4, -0.2) is 30.3 Å². The molecule has 0 aliphatic carbocycles. The fourth-order valence-corrected chi connectivity index (χ4v) is 4.26. The van der Waals surface area contributed by atoms with Crippen molar-refractivity contribution in [1.82, 2.24) is 24.5 Å². The fourth-order valence-electron chi connectivity index (χ4n) is 3.38. The van der Waals surface area contributed by atoms with E-state index in [1.54, 1.807) is 29.7 Å². The Balaban J connectivity index is 1.61. The van der Waals surface area contributed by atoms with Gasteiger partial charge in [-0.2, -0.15) is 0 Å². The molecule has 0 bridgehead atoms. The fraction of sp³-hybridized carbons (Fsp3) is 0.273. The lowest BCUT2D eigenvalue weighted by Crippen LogP contribution is -2.30. The SMILES string of the molecule is CCCn1c(=O)c2ccccc2n2c(SC(C)C(=O)NCc3ccc(F)cc3)nnc12. The second kappa shape index (κ2) is 8.89. The second-order valence-corrected chi connectivity index (χ2v) is 8.50. The Bertz CT molecular complexity index is 1300. The zero-order valence-corrected chi connectivity index (χ0v) is 18.0. The number of para-hydroxylation sites is 1. The summed E-state index contributed by atoms with van der Waals surface area (Å²) in [6.07, 6.45) is 0.783. The minimum absolute atomic E-state index is 0.0982. The third kappa shape index (κ3) is 4.18. The van der Waals surface area contributed by atoms with Gasteiger partial charge in [-0.1, -0.05) is 43.0 Å². The van der Waals surface area contributed by atoms with Crippen LogP contribution >= 0.6 is 11.8 Å². The van der Waals surface area contributed by atoms with Crippen LogP contribution in [0.2, 0.25) is 0 Å². The Morgan fingerprint density at radius 3 is 2.65 bits per heavy atom. The topological polar surface area (TPSA) is 81.3 Å². The van der Waals surface area contributed by atoms with E-state index in [2.05, 4.69) is 15.5 Å². The van der Waals surface area contributed by atoms with Gasteiger partial charge >= 0.3 is 0 Å². The standard InChI is InChI=1S/C22H22FN5O2S/c1-3-12-27-20(30)17-6-4-5-7-18(17)28-21(27)25-26-22(28)31-14(2)19(29)24-13-15-8-10-16(23)11-9-15/h4-11,14H,3,12-13H2,1-2H3,(H,24,29). The van der Waals surface area contributed by atoms with Crippen molar-refractivity contribution in [3.8, 4) is 0 Å². The number of benzene rings is 2. The summed E-state index contributed by atoms with van der Waals surface area (Å²) in [7, 11) is 0. The smallest absolute Gasteiger partial charge is 0.262 e. The van der Waals surface area contributed by atoms with E-state index in [-0.39, 0.29) is 17.3 Å². The van der Waals surface area contributed by atoms with Crippen LogP contribution in [0.3, 0.4) is 0 Å². The Morgan fingerprint density at radius 2 is 1.90 bits per heavy atom. The molecule has 4 aromatic rings. The van der Waals surface area contributed by atoms with Crippen molar-refractivity contribution in [3.05, 3.63) is 70.3 Å². The summed E-state index contributed by atoms with van der Waals surface area (Å²) in [6, 6.07) is 13.3. The summed E-state index contributed by atoms with van der Waals surface area (Å²) < 4.78 is 16.5. The predicted octanol–water partition coefficient (Wildman–Crippen LogP) is 3.39. The van der Waals surface area contributed by atoms with Crippen molar-refractivity contribution in [2.24, 2.45) is 0 Å². The van der Waals surface area contributed by atoms with Crippen LogP contribution < -0.4 is 10.9 Å². The highest BCUT2D eigenvalue weighted by atomic mass is 32.2. The molecule has 4 rings (SSSR count). The first kappa shape index (κ1) is 21.0. The van der Waals surface area contributed by atoms with Gasteiger partial charge in [-0.05, 0) is 43.2 Å². The maximum absolute atomic E-state index is 13.0. The first-order valence-electron chi connectivity index (χ1n) is 10.0. The normalized spacial score (nSPS) is 12.4. The van der Waals surface area contributed by atoms with Gasteiger partial charge in [0.2, 0.25) is 11.7 Å². The molecule has 0 saturated heterocycles. The molecule has 0 spiro atoms. The molecule has 2 aromatic heterocycles. The number of amides is 1. The molecule has 2 aromatic carbocycles. The van der Waals surface area contributed by atoms with Crippen molar-refractivity contribution in [3.63, 3.8) is 0 Å². The average Bonchev–Trinajstić information content (AvgIpc) is 3.19. The van der Waals surface area contributed by atoms with Crippen LogP contribution in [0.5, 0.6) is 0 Å². The number of hydrogen-bond acceptors (Lipinski definition) is 5. The number of aryl methyl sites for hydroxylation is 1. The maximum atomic E-state index is 13.0. The van der Waals surface area contributed by atoms with E-state index in [0.717, 1.165) is 12.0 Å². The number of nitrogens with zero attached hydrogens (tertiary/aromatic N) is 4. The first-order valence-corrected chi connectivity index (χ1v) is 10.9. The number of rotatable bonds is 7. The van der Waals surface area contributed by atoms with Crippen molar-refractivity contribution >= 4 is 34.3 Å². The minimum atomic E-state index is -0.446. The molecule has 0 aliphatic heterocycles. The van der Waals surface area contributed by atoms with Crippen molar-refractivity contribution < 1.29 is 9.18 Å². The van der Waals surface area contributed by atoms with Crippen molar-refractivity contribution in [1.29, 1.82) is 0 Å². The van der Waals surface area contributed by atoms with E-state index in [9.17, 15) is 14.0 Å². The molecule has 0 aliphatic rings. The van der Waals surface area contributed by atoms with Crippen molar-refractivity contribution in [2.45, 2.75) is 43.8 Å². The summed E-state index contributed by atoms with van der Waals surface area (Å²) in [4.78, 5) is 25.5. The molecule has 0 radical (unpaired) electrons. The lowest BCUT2D eigenvalue weighted by molar-refractivity contribution is -0.120. The molecule has 1 atom stereocenters. The highest BCUT2D eigenvalue weighted by Gasteiger charge is 2.21. The third-order valence-corrected chi connectivity index (χ3v) is 6.00. The molecule has 2 heterocycles. The van der Waals surface area contributed by atoms with Gasteiger partial charge in [-0.15, -0.1) is 10.2 Å². The first-order chi connectivity index (χ1) is 15.0. The van der Waals surface area contributed by atoms with Gasteiger partial charge in [0.1, 0.15) is 5.82 Å². The van der Waals surface area contributed by atoms with E-state index in [4.69, 9.17) is 0 Å². The van der Waals surface area contributed by atoms with Gasteiger partial charge in [0.25, 0.3) is 5.56 Å². The van der Waals surface area contributed by atoms with Crippen LogP contribution in [0.4, 0.5) is 4.39 Å². The van der Waals surface area contributed by atoms with E-state index >= 15 is 0 Å². The molecule has 0 saturated carbocycles. The van der Waals surface area contributed by atoms with Gasteiger partial charge in [-0.25, -0.2) is 4.39 Å². The summed E-state index contributed by atoms with van der Waals surface area (Å²) in [5.41, 5.74) is 1.43. The number of carbonyl (C=O) groups excluding carboxylic acids is 1. The molecule has 7 nitrogen and oxygen atoms in total. The van der Waals surface area contributed by atoms with E-state index < -0.39 is 5.25 Å². The number of hydrogen-bond donors (Lipinski definition) is 1. The maximum Gasteiger partial charge on any atom is 0.262 e. The van der Waals surface area contributed by atoms with Crippen LogP contribution in [0.1, 0.15) is 25.8 Å².